The van der Waals surface area contributed by atoms with Crippen molar-refractivity contribution in [3.05, 3.63) is 36.8 Å². The molecule has 3 nitrogen and oxygen atoms in total. The predicted octanol–water partition coefficient (Wildman–Crippen LogP) is 1.62. The van der Waals surface area contributed by atoms with Gasteiger partial charge in [-0.2, -0.15) is 0 Å². The average Bonchev–Trinajstić information content (AvgIpc) is 2.64. The largest absolute Gasteiger partial charge is 0.469 e. The van der Waals surface area contributed by atoms with E-state index in [0.717, 1.165) is 25.0 Å². The van der Waals surface area contributed by atoms with Gasteiger partial charge >= 0.3 is 0 Å². The second kappa shape index (κ2) is 5.56. The molecule has 72 valence electrons. The van der Waals surface area contributed by atoms with E-state index in [1.54, 1.807) is 6.26 Å². The van der Waals surface area contributed by atoms with Crippen LogP contribution in [0.1, 0.15) is 18.6 Å². The highest BCUT2D eigenvalue weighted by atomic mass is 16.3. The Morgan fingerprint density at radius 1 is 1.69 bits per heavy atom. The van der Waals surface area contributed by atoms with Crippen LogP contribution in [-0.2, 0) is 6.42 Å². The highest BCUT2D eigenvalue weighted by Gasteiger charge is 2.05. The lowest BCUT2D eigenvalue weighted by Gasteiger charge is -2.11. The molecule has 1 aromatic rings. The topological polar surface area (TPSA) is 51.2 Å². The van der Waals surface area contributed by atoms with Crippen molar-refractivity contribution in [3.8, 4) is 0 Å². The summed E-state index contributed by atoms with van der Waals surface area (Å²) in [4.78, 5) is 0. The summed E-state index contributed by atoms with van der Waals surface area (Å²) in [6.45, 7) is 3.67. The molecule has 3 N–H and O–H groups in total. The van der Waals surface area contributed by atoms with Gasteiger partial charge in [-0.05, 0) is 25.0 Å². The summed E-state index contributed by atoms with van der Waals surface area (Å²) in [5, 5.41) is 0. The molecule has 0 saturated carbocycles. The molecule has 0 aromatic carbocycles. The van der Waals surface area contributed by atoms with E-state index in [4.69, 9.17) is 10.3 Å². The maximum atomic E-state index is 5.37. The fourth-order valence-corrected chi connectivity index (χ4v) is 1.24. The first-order valence-electron chi connectivity index (χ1n) is 4.46. The highest BCUT2D eigenvalue weighted by Crippen LogP contribution is 2.07. The van der Waals surface area contributed by atoms with Gasteiger partial charge in [0.25, 0.3) is 0 Å². The van der Waals surface area contributed by atoms with E-state index in [0.29, 0.717) is 6.04 Å². The fraction of sp³-hybridized carbons (Fsp3) is 0.400. The molecule has 0 radical (unpaired) electrons. The second-order valence-electron chi connectivity index (χ2n) is 3.01. The maximum absolute atomic E-state index is 5.37. The Morgan fingerprint density at radius 2 is 2.54 bits per heavy atom. The summed E-state index contributed by atoms with van der Waals surface area (Å²) in [6, 6.07) is 4.16. The van der Waals surface area contributed by atoms with Crippen LogP contribution in [0.4, 0.5) is 0 Å². The zero-order chi connectivity index (χ0) is 9.52. The number of nitrogens with two attached hydrogens (primary N) is 1. The summed E-state index contributed by atoms with van der Waals surface area (Å²) in [5.41, 5.74) is 2.75. The van der Waals surface area contributed by atoms with Crippen LogP contribution in [0.25, 0.3) is 0 Å². The van der Waals surface area contributed by atoms with Crippen molar-refractivity contribution >= 4 is 0 Å². The van der Waals surface area contributed by atoms with Gasteiger partial charge in [0.2, 0.25) is 0 Å². The number of hydrogen-bond acceptors (Lipinski definition) is 3. The standard InChI is InChI=1S/C10H16N2O/c1-2-4-9(12-11)6-7-10-5-3-8-13-10/h2-3,5,8-9,12H,1,4,6-7,11H2. The van der Waals surface area contributed by atoms with Crippen LogP contribution in [0.15, 0.2) is 35.5 Å². The molecule has 0 fully saturated rings. The molecule has 1 heterocycles. The first-order chi connectivity index (χ1) is 6.36. The third-order valence-electron chi connectivity index (χ3n) is 2.01. The summed E-state index contributed by atoms with van der Waals surface area (Å²) in [6.07, 6.45) is 6.32. The minimum Gasteiger partial charge on any atom is -0.469 e. The fourth-order valence-electron chi connectivity index (χ4n) is 1.24. The van der Waals surface area contributed by atoms with Crippen LogP contribution in [0.5, 0.6) is 0 Å². The smallest absolute Gasteiger partial charge is 0.103 e. The third-order valence-corrected chi connectivity index (χ3v) is 2.01. The molecule has 0 aliphatic heterocycles. The van der Waals surface area contributed by atoms with Crippen molar-refractivity contribution in [2.75, 3.05) is 0 Å². The summed E-state index contributed by atoms with van der Waals surface area (Å²) in [5.74, 6) is 6.37. The molecule has 0 aliphatic rings. The van der Waals surface area contributed by atoms with E-state index in [2.05, 4.69) is 12.0 Å². The van der Waals surface area contributed by atoms with Crippen molar-refractivity contribution in [2.45, 2.75) is 25.3 Å². The molecule has 0 saturated heterocycles. The molecule has 1 unspecified atom stereocenters. The summed E-state index contributed by atoms with van der Waals surface area (Å²) >= 11 is 0. The van der Waals surface area contributed by atoms with Gasteiger partial charge in [0.05, 0.1) is 6.26 Å². The monoisotopic (exact) mass is 180 g/mol. The molecule has 1 atom stereocenters. The van der Waals surface area contributed by atoms with E-state index < -0.39 is 0 Å². The molecular formula is C10H16N2O. The van der Waals surface area contributed by atoms with Crippen LogP contribution in [0.2, 0.25) is 0 Å². The maximum Gasteiger partial charge on any atom is 0.103 e. The van der Waals surface area contributed by atoms with E-state index in [-0.39, 0.29) is 0 Å². The zero-order valence-corrected chi connectivity index (χ0v) is 7.70. The third kappa shape index (κ3) is 3.44. The van der Waals surface area contributed by atoms with Crippen molar-refractivity contribution in [2.24, 2.45) is 5.84 Å². The number of hydrogen-bond donors (Lipinski definition) is 2. The molecule has 0 bridgehead atoms. The van der Waals surface area contributed by atoms with E-state index in [1.807, 2.05) is 18.2 Å². The summed E-state index contributed by atoms with van der Waals surface area (Å²) < 4.78 is 5.21. The average molecular weight is 180 g/mol. The van der Waals surface area contributed by atoms with Gasteiger partial charge in [-0.1, -0.05) is 6.08 Å². The molecule has 3 heteroatoms. The predicted molar refractivity (Wildman–Crippen MR) is 53.0 cm³/mol. The van der Waals surface area contributed by atoms with E-state index in [9.17, 15) is 0 Å². The minimum absolute atomic E-state index is 0.294. The van der Waals surface area contributed by atoms with Crippen molar-refractivity contribution in [1.82, 2.24) is 5.43 Å². The Bertz CT molecular complexity index is 231. The van der Waals surface area contributed by atoms with Gasteiger partial charge in [-0.25, -0.2) is 0 Å². The number of furan rings is 1. The minimum atomic E-state index is 0.294. The van der Waals surface area contributed by atoms with Gasteiger partial charge in [-0.15, -0.1) is 6.58 Å². The quantitative estimate of drug-likeness (QED) is 0.397. The highest BCUT2D eigenvalue weighted by molar-refractivity contribution is 4.98. The Balaban J connectivity index is 2.27. The first-order valence-corrected chi connectivity index (χ1v) is 4.46. The normalized spacial score (nSPS) is 12.7. The Kier molecular flexibility index (Phi) is 4.29. The van der Waals surface area contributed by atoms with Crippen molar-refractivity contribution < 1.29 is 4.42 Å². The lowest BCUT2D eigenvalue weighted by molar-refractivity contribution is 0.451. The number of hydrazine groups is 1. The molecule has 0 aliphatic carbocycles. The van der Waals surface area contributed by atoms with Crippen LogP contribution >= 0.6 is 0 Å². The Hall–Kier alpha value is -1.06. The number of nitrogens with one attached hydrogen (secondary N) is 1. The lowest BCUT2D eigenvalue weighted by atomic mass is 10.1. The van der Waals surface area contributed by atoms with Gasteiger partial charge in [-0.3, -0.25) is 11.3 Å². The molecule has 0 amide bonds. The van der Waals surface area contributed by atoms with Crippen LogP contribution in [-0.4, -0.2) is 6.04 Å². The molecule has 1 rings (SSSR count). The van der Waals surface area contributed by atoms with Gasteiger partial charge < -0.3 is 4.42 Å². The first kappa shape index (κ1) is 10.0. The number of aryl methyl sites for hydroxylation is 1. The molecular weight excluding hydrogens is 164 g/mol. The van der Waals surface area contributed by atoms with Crippen LogP contribution in [0.3, 0.4) is 0 Å². The van der Waals surface area contributed by atoms with Gasteiger partial charge in [0.15, 0.2) is 0 Å². The summed E-state index contributed by atoms with van der Waals surface area (Å²) in [7, 11) is 0. The number of rotatable bonds is 6. The van der Waals surface area contributed by atoms with Crippen LogP contribution < -0.4 is 11.3 Å². The van der Waals surface area contributed by atoms with Gasteiger partial charge in [0, 0.05) is 12.5 Å². The second-order valence-corrected chi connectivity index (χ2v) is 3.01. The lowest BCUT2D eigenvalue weighted by Crippen LogP contribution is -2.34. The van der Waals surface area contributed by atoms with E-state index in [1.165, 1.54) is 0 Å². The Labute approximate surface area is 78.6 Å². The molecule has 13 heavy (non-hydrogen) atoms. The zero-order valence-electron chi connectivity index (χ0n) is 7.70. The molecule has 0 spiro atoms. The van der Waals surface area contributed by atoms with Crippen molar-refractivity contribution in [1.29, 1.82) is 0 Å². The molecule has 1 aromatic heterocycles. The van der Waals surface area contributed by atoms with E-state index >= 15 is 0 Å². The SMILES string of the molecule is C=CCC(CCc1ccco1)NN. The Morgan fingerprint density at radius 3 is 3.08 bits per heavy atom. The van der Waals surface area contributed by atoms with Crippen molar-refractivity contribution in [3.63, 3.8) is 0 Å². The van der Waals surface area contributed by atoms with Gasteiger partial charge in [0.1, 0.15) is 5.76 Å². The van der Waals surface area contributed by atoms with Crippen LogP contribution in [0, 0.1) is 0 Å².